The zero-order chi connectivity index (χ0) is 11.0. The second-order valence-electron chi connectivity index (χ2n) is 2.95. The van der Waals surface area contributed by atoms with Gasteiger partial charge in [0.1, 0.15) is 5.76 Å². The van der Waals surface area contributed by atoms with Crippen LogP contribution in [0.2, 0.25) is 5.02 Å². The molecule has 2 heterocycles. The average molecular weight is 306 g/mol. The van der Waals surface area contributed by atoms with Crippen molar-refractivity contribution in [3.05, 3.63) is 43.4 Å². The molecule has 0 spiro atoms. The van der Waals surface area contributed by atoms with Crippen LogP contribution < -0.4 is 0 Å². The second-order valence-corrected chi connectivity index (χ2v) is 5.73. The number of hydrogen-bond donors (Lipinski definition) is 0. The Morgan fingerprint density at radius 3 is 2.80 bits per heavy atom. The summed E-state index contributed by atoms with van der Waals surface area (Å²) in [6, 6.07) is 3.32. The Morgan fingerprint density at radius 1 is 1.60 bits per heavy atom. The third-order valence-corrected chi connectivity index (χ3v) is 4.45. The molecule has 0 aliphatic heterocycles. The molecule has 0 fully saturated rings. The van der Waals surface area contributed by atoms with Crippen LogP contribution >= 0.6 is 38.9 Å². The first kappa shape index (κ1) is 10.9. The van der Waals surface area contributed by atoms with Crippen LogP contribution in [-0.4, -0.2) is 5.78 Å². The van der Waals surface area contributed by atoms with Gasteiger partial charge in [-0.05, 0) is 35.0 Å². The number of hydrogen-bond acceptors (Lipinski definition) is 3. The number of ketones is 1. The monoisotopic (exact) mass is 304 g/mol. The summed E-state index contributed by atoms with van der Waals surface area (Å²) in [5, 5.41) is 0.560. The summed E-state index contributed by atoms with van der Waals surface area (Å²) >= 11 is 10.5. The van der Waals surface area contributed by atoms with Crippen molar-refractivity contribution in [3.63, 3.8) is 0 Å². The highest BCUT2D eigenvalue weighted by Gasteiger charge is 2.17. The minimum absolute atomic E-state index is 0.0566. The van der Waals surface area contributed by atoms with Crippen LogP contribution in [0.5, 0.6) is 0 Å². The molecule has 78 valence electrons. The van der Waals surface area contributed by atoms with Gasteiger partial charge in [0.25, 0.3) is 0 Å². The summed E-state index contributed by atoms with van der Waals surface area (Å²) in [5.74, 6) is 0.569. The van der Waals surface area contributed by atoms with Crippen LogP contribution in [0.15, 0.2) is 26.6 Å². The molecule has 2 rings (SSSR count). The van der Waals surface area contributed by atoms with Gasteiger partial charge in [-0.2, -0.15) is 0 Å². The molecule has 0 saturated heterocycles. The molecule has 0 N–H and O–H groups in total. The summed E-state index contributed by atoms with van der Waals surface area (Å²) in [4.78, 5) is 12.6. The first-order valence-corrected chi connectivity index (χ1v) is 6.12. The van der Waals surface area contributed by atoms with E-state index >= 15 is 0 Å². The fourth-order valence-corrected chi connectivity index (χ4v) is 2.87. The van der Waals surface area contributed by atoms with Gasteiger partial charge in [-0.15, -0.1) is 11.3 Å². The van der Waals surface area contributed by atoms with Gasteiger partial charge in [0.2, 0.25) is 5.78 Å². The second kappa shape index (κ2) is 4.12. The molecule has 2 aromatic rings. The van der Waals surface area contributed by atoms with Crippen LogP contribution in [0, 0.1) is 6.92 Å². The largest absolute Gasteiger partial charge is 0.469 e. The molecule has 0 amide bonds. The molecule has 0 unspecified atom stereocenters. The highest BCUT2D eigenvalue weighted by molar-refractivity contribution is 9.11. The Balaban J connectivity index is 2.41. The number of carbonyl (C=O) groups is 1. The molecule has 5 heteroatoms. The third-order valence-electron chi connectivity index (χ3n) is 1.97. The highest BCUT2D eigenvalue weighted by atomic mass is 79.9. The van der Waals surface area contributed by atoms with E-state index in [9.17, 15) is 4.79 Å². The molecular weight excluding hydrogens is 300 g/mol. The van der Waals surface area contributed by atoms with E-state index in [1.165, 1.54) is 17.6 Å². The van der Waals surface area contributed by atoms with Crippen molar-refractivity contribution in [1.82, 2.24) is 0 Å². The smallest absolute Gasteiger partial charge is 0.206 e. The quantitative estimate of drug-likeness (QED) is 0.775. The number of halogens is 2. The first-order valence-electron chi connectivity index (χ1n) is 4.13. The molecule has 0 atom stereocenters. The molecule has 0 aliphatic rings. The number of rotatable bonds is 2. The van der Waals surface area contributed by atoms with Crippen LogP contribution in [0.3, 0.4) is 0 Å². The first-order chi connectivity index (χ1) is 7.09. The van der Waals surface area contributed by atoms with Crippen LogP contribution in [0.4, 0.5) is 0 Å². The predicted molar refractivity (Wildman–Crippen MR) is 63.9 cm³/mol. The molecule has 0 radical (unpaired) electrons. The maximum absolute atomic E-state index is 12.0. The molecule has 0 aliphatic carbocycles. The van der Waals surface area contributed by atoms with E-state index < -0.39 is 0 Å². The van der Waals surface area contributed by atoms with Crippen LogP contribution in [-0.2, 0) is 0 Å². The molecule has 0 bridgehead atoms. The molecule has 2 nitrogen and oxygen atoms in total. The van der Waals surface area contributed by atoms with Crippen molar-refractivity contribution in [2.45, 2.75) is 6.92 Å². The van der Waals surface area contributed by atoms with Crippen LogP contribution in [0.25, 0.3) is 0 Å². The summed E-state index contributed by atoms with van der Waals surface area (Å²) in [5.41, 5.74) is 0.584. The van der Waals surface area contributed by atoms with E-state index in [2.05, 4.69) is 15.9 Å². The van der Waals surface area contributed by atoms with Crippen molar-refractivity contribution < 1.29 is 9.21 Å². The van der Waals surface area contributed by atoms with Gasteiger partial charge < -0.3 is 4.42 Å². The third kappa shape index (κ3) is 2.02. The van der Waals surface area contributed by atoms with Crippen molar-refractivity contribution >= 4 is 44.7 Å². The van der Waals surface area contributed by atoms with E-state index in [1.807, 2.05) is 0 Å². The van der Waals surface area contributed by atoms with E-state index in [-0.39, 0.29) is 5.78 Å². The van der Waals surface area contributed by atoms with Gasteiger partial charge in [0, 0.05) is 0 Å². The van der Waals surface area contributed by atoms with Gasteiger partial charge in [0.05, 0.1) is 25.5 Å². The lowest BCUT2D eigenvalue weighted by Crippen LogP contribution is -1.98. The Labute approximate surface area is 104 Å². The van der Waals surface area contributed by atoms with Crippen molar-refractivity contribution in [3.8, 4) is 0 Å². The standard InChI is InChI=1S/C10H6BrClO2S/c1-5-6(2-3-14-5)9(13)8-4-7(12)10(11)15-8/h2-4H,1H3. The Hall–Kier alpha value is -0.580. The van der Waals surface area contributed by atoms with E-state index in [0.29, 0.717) is 21.2 Å². The van der Waals surface area contributed by atoms with Crippen molar-refractivity contribution in [1.29, 1.82) is 0 Å². The predicted octanol–water partition coefficient (Wildman–Crippen LogP) is 4.30. The summed E-state index contributed by atoms with van der Waals surface area (Å²) in [7, 11) is 0. The topological polar surface area (TPSA) is 30.2 Å². The number of carbonyl (C=O) groups excluding carboxylic acids is 1. The molecule has 0 aromatic carbocycles. The van der Waals surface area contributed by atoms with Gasteiger partial charge in [-0.1, -0.05) is 11.6 Å². The lowest BCUT2D eigenvalue weighted by molar-refractivity contribution is 0.104. The zero-order valence-electron chi connectivity index (χ0n) is 7.71. The minimum atomic E-state index is -0.0566. The normalized spacial score (nSPS) is 10.6. The summed E-state index contributed by atoms with van der Waals surface area (Å²) in [6.07, 6.45) is 1.51. The minimum Gasteiger partial charge on any atom is -0.469 e. The van der Waals surface area contributed by atoms with Gasteiger partial charge in [0.15, 0.2) is 0 Å². The van der Waals surface area contributed by atoms with E-state index in [4.69, 9.17) is 16.0 Å². The van der Waals surface area contributed by atoms with E-state index in [0.717, 1.165) is 3.79 Å². The molecule has 2 aromatic heterocycles. The fourth-order valence-electron chi connectivity index (χ4n) is 1.21. The SMILES string of the molecule is Cc1occc1C(=O)c1cc(Cl)c(Br)s1. The summed E-state index contributed by atoms with van der Waals surface area (Å²) in [6.45, 7) is 1.76. The Bertz CT molecular complexity index is 496. The zero-order valence-corrected chi connectivity index (χ0v) is 10.9. The van der Waals surface area contributed by atoms with Crippen molar-refractivity contribution in [2.75, 3.05) is 0 Å². The maximum atomic E-state index is 12.0. The van der Waals surface area contributed by atoms with Gasteiger partial charge in [-0.25, -0.2) is 0 Å². The number of furan rings is 1. The van der Waals surface area contributed by atoms with Crippen LogP contribution in [0.1, 0.15) is 21.0 Å². The Morgan fingerprint density at radius 2 is 2.33 bits per heavy atom. The molecule has 0 saturated carbocycles. The van der Waals surface area contributed by atoms with Gasteiger partial charge in [-0.3, -0.25) is 4.79 Å². The fraction of sp³-hybridized carbons (Fsp3) is 0.100. The van der Waals surface area contributed by atoms with Crippen molar-refractivity contribution in [2.24, 2.45) is 0 Å². The van der Waals surface area contributed by atoms with E-state index in [1.54, 1.807) is 19.1 Å². The Kier molecular flexibility index (Phi) is 3.00. The lowest BCUT2D eigenvalue weighted by Gasteiger charge is -1.93. The highest BCUT2D eigenvalue weighted by Crippen LogP contribution is 2.33. The number of thiophene rings is 1. The molecular formula is C10H6BrClO2S. The van der Waals surface area contributed by atoms with Gasteiger partial charge >= 0.3 is 0 Å². The molecule has 15 heavy (non-hydrogen) atoms. The summed E-state index contributed by atoms with van der Waals surface area (Å²) < 4.78 is 5.86. The maximum Gasteiger partial charge on any atom is 0.206 e. The average Bonchev–Trinajstić information content (AvgIpc) is 2.74. The lowest BCUT2D eigenvalue weighted by atomic mass is 10.1. The number of aryl methyl sites for hydroxylation is 1.